The summed E-state index contributed by atoms with van der Waals surface area (Å²) in [4.78, 5) is 24.9. The second kappa shape index (κ2) is 7.57. The first-order valence-corrected chi connectivity index (χ1v) is 9.82. The highest BCUT2D eigenvalue weighted by Crippen LogP contribution is 2.32. The van der Waals surface area contributed by atoms with Crippen LogP contribution in [-0.4, -0.2) is 52.1 Å². The molecule has 2 heterocycles. The molecule has 0 spiro atoms. The Morgan fingerprint density at radius 3 is 2.41 bits per heavy atom. The summed E-state index contributed by atoms with van der Waals surface area (Å²) in [6.07, 6.45) is 0.701. The molecular formula is C18H20Cl3FN4O. The molecule has 1 saturated heterocycles. The molecule has 1 fully saturated rings. The lowest BCUT2D eigenvalue weighted by atomic mass is 10.1. The number of rotatable bonds is 4. The molecule has 5 nitrogen and oxygen atoms in total. The Labute approximate surface area is 172 Å². The van der Waals surface area contributed by atoms with Gasteiger partial charge in [-0.25, -0.2) is 14.4 Å². The first-order chi connectivity index (χ1) is 12.6. The number of halogens is 4. The molecule has 146 valence electrons. The summed E-state index contributed by atoms with van der Waals surface area (Å²) >= 11 is 18.4. The fraction of sp³-hybridized carbons (Fsp3) is 0.500. The zero-order valence-electron chi connectivity index (χ0n) is 15.3. The summed E-state index contributed by atoms with van der Waals surface area (Å²) in [5.41, 5.74) is -0.765. The van der Waals surface area contributed by atoms with Gasteiger partial charge in [-0.05, 0) is 39.3 Å². The van der Waals surface area contributed by atoms with E-state index in [0.717, 1.165) is 0 Å². The van der Waals surface area contributed by atoms with Crippen LogP contribution < -0.4 is 4.90 Å². The summed E-state index contributed by atoms with van der Waals surface area (Å²) in [5.74, 6) is 0.0158. The van der Waals surface area contributed by atoms with Crippen LogP contribution in [-0.2, 0) is 4.79 Å². The molecule has 0 unspecified atom stereocenters. The number of carbonyl (C=O) groups excluding carboxylic acids is 1. The third-order valence-electron chi connectivity index (χ3n) is 4.66. The Hall–Kier alpha value is -1.37. The minimum absolute atomic E-state index is 0.111. The second-order valence-corrected chi connectivity index (χ2v) is 8.22. The van der Waals surface area contributed by atoms with Crippen LogP contribution in [0.5, 0.6) is 0 Å². The molecule has 0 bridgehead atoms. The first kappa shape index (κ1) is 20.4. The molecule has 27 heavy (non-hydrogen) atoms. The third-order valence-corrected chi connectivity index (χ3v) is 5.64. The van der Waals surface area contributed by atoms with E-state index in [2.05, 4.69) is 9.97 Å². The average Bonchev–Trinajstić information content (AvgIpc) is 3.05. The number of fused-ring (bicyclic) bond motifs is 1. The van der Waals surface area contributed by atoms with Gasteiger partial charge in [-0.3, -0.25) is 4.79 Å². The summed E-state index contributed by atoms with van der Waals surface area (Å²) in [7, 11) is 0. The van der Waals surface area contributed by atoms with E-state index in [1.807, 2.05) is 11.8 Å². The number of hydrogen-bond donors (Lipinski definition) is 0. The Bertz CT molecular complexity index is 887. The number of benzene rings is 1. The van der Waals surface area contributed by atoms with E-state index in [1.54, 1.807) is 17.0 Å². The van der Waals surface area contributed by atoms with Crippen molar-refractivity contribution in [2.45, 2.75) is 38.9 Å². The van der Waals surface area contributed by atoms with Crippen LogP contribution in [0.2, 0.25) is 15.2 Å². The minimum atomic E-state index is -1.90. The predicted molar refractivity (Wildman–Crippen MR) is 108 cm³/mol. The van der Waals surface area contributed by atoms with Crippen molar-refractivity contribution < 1.29 is 9.18 Å². The van der Waals surface area contributed by atoms with Crippen molar-refractivity contribution >= 4 is 57.6 Å². The van der Waals surface area contributed by atoms with Crippen molar-refractivity contribution in [3.8, 4) is 0 Å². The lowest BCUT2D eigenvalue weighted by Crippen LogP contribution is -2.49. The van der Waals surface area contributed by atoms with Gasteiger partial charge in [0.2, 0.25) is 0 Å². The maximum absolute atomic E-state index is 14.1. The fourth-order valence-corrected chi connectivity index (χ4v) is 3.89. The van der Waals surface area contributed by atoms with Gasteiger partial charge < -0.3 is 9.80 Å². The number of amides is 1. The molecule has 0 N–H and O–H groups in total. The molecule has 1 atom stereocenters. The molecule has 1 aromatic heterocycles. The molecule has 1 amide bonds. The van der Waals surface area contributed by atoms with Crippen LogP contribution >= 0.6 is 34.8 Å². The van der Waals surface area contributed by atoms with Crippen molar-refractivity contribution in [2.75, 3.05) is 24.5 Å². The lowest BCUT2D eigenvalue weighted by Gasteiger charge is -2.31. The first-order valence-electron chi connectivity index (χ1n) is 8.69. The second-order valence-electron chi connectivity index (χ2n) is 7.05. The van der Waals surface area contributed by atoms with Crippen LogP contribution in [0, 0.1) is 0 Å². The summed E-state index contributed by atoms with van der Waals surface area (Å²) < 4.78 is 14.1. The van der Waals surface area contributed by atoms with E-state index in [-0.39, 0.29) is 11.2 Å². The standard InChI is InChI=1S/C18H20Cl3FN4O/c1-4-26(17(27)18(2,3)22)10-5-6-25(9-10)16-15(21)23-13-7-11(19)12(20)8-14(13)24-16/h7-8,10H,4-6,9H2,1-3H3/t10-/m0/s1. The molecule has 2 aromatic rings. The number of alkyl halides is 1. The zero-order valence-corrected chi connectivity index (χ0v) is 17.5. The third kappa shape index (κ3) is 4.08. The monoisotopic (exact) mass is 432 g/mol. The van der Waals surface area contributed by atoms with Crippen LogP contribution in [0.1, 0.15) is 27.2 Å². The molecular weight excluding hydrogens is 414 g/mol. The molecule has 3 rings (SSSR count). The smallest absolute Gasteiger partial charge is 0.259 e. The molecule has 0 saturated carbocycles. The quantitative estimate of drug-likeness (QED) is 0.697. The van der Waals surface area contributed by atoms with E-state index in [9.17, 15) is 9.18 Å². The largest absolute Gasteiger partial charge is 0.352 e. The fourth-order valence-electron chi connectivity index (χ4n) is 3.32. The summed E-state index contributed by atoms with van der Waals surface area (Å²) in [6, 6.07) is 3.16. The number of aromatic nitrogens is 2. The average molecular weight is 434 g/mol. The van der Waals surface area contributed by atoms with Crippen molar-refractivity contribution in [3.05, 3.63) is 27.3 Å². The Balaban J connectivity index is 1.87. The van der Waals surface area contributed by atoms with Gasteiger partial charge in [0.25, 0.3) is 5.91 Å². The normalized spacial score (nSPS) is 17.6. The van der Waals surface area contributed by atoms with Gasteiger partial charge in [0.1, 0.15) is 0 Å². The topological polar surface area (TPSA) is 49.3 Å². The number of likely N-dealkylation sites (N-methyl/N-ethyl adjacent to an activating group) is 1. The highest BCUT2D eigenvalue weighted by molar-refractivity contribution is 6.42. The SMILES string of the molecule is CCN(C(=O)C(C)(C)F)[C@H]1CCN(c2nc3cc(Cl)c(Cl)cc3nc2Cl)C1. The van der Waals surface area contributed by atoms with Gasteiger partial charge in [0, 0.05) is 19.6 Å². The van der Waals surface area contributed by atoms with E-state index in [0.29, 0.717) is 53.0 Å². The van der Waals surface area contributed by atoms with Crippen LogP contribution in [0.4, 0.5) is 10.2 Å². The van der Waals surface area contributed by atoms with Gasteiger partial charge in [0.05, 0.1) is 27.1 Å². The number of carbonyl (C=O) groups is 1. The highest BCUT2D eigenvalue weighted by Gasteiger charge is 2.38. The van der Waals surface area contributed by atoms with Gasteiger partial charge >= 0.3 is 0 Å². The van der Waals surface area contributed by atoms with Gasteiger partial charge in [0.15, 0.2) is 16.6 Å². The molecule has 9 heteroatoms. The maximum Gasteiger partial charge on any atom is 0.259 e. The van der Waals surface area contributed by atoms with Gasteiger partial charge in [-0.1, -0.05) is 34.8 Å². The predicted octanol–water partition coefficient (Wildman–Crippen LogP) is 4.77. The van der Waals surface area contributed by atoms with Crippen LogP contribution in [0.25, 0.3) is 11.0 Å². The highest BCUT2D eigenvalue weighted by atomic mass is 35.5. The Kier molecular flexibility index (Phi) is 5.71. The van der Waals surface area contributed by atoms with Crippen LogP contribution in [0.3, 0.4) is 0 Å². The van der Waals surface area contributed by atoms with Crippen molar-refractivity contribution in [2.24, 2.45) is 0 Å². The van der Waals surface area contributed by atoms with E-state index >= 15 is 0 Å². The van der Waals surface area contributed by atoms with Gasteiger partial charge in [-0.2, -0.15) is 0 Å². The number of anilines is 1. The lowest BCUT2D eigenvalue weighted by molar-refractivity contribution is -0.143. The molecule has 0 radical (unpaired) electrons. The van der Waals surface area contributed by atoms with E-state index < -0.39 is 11.6 Å². The minimum Gasteiger partial charge on any atom is -0.352 e. The summed E-state index contributed by atoms with van der Waals surface area (Å²) in [5, 5.41) is 1.02. The van der Waals surface area contributed by atoms with Crippen LogP contribution in [0.15, 0.2) is 12.1 Å². The van der Waals surface area contributed by atoms with E-state index in [1.165, 1.54) is 13.8 Å². The van der Waals surface area contributed by atoms with Crippen molar-refractivity contribution in [3.63, 3.8) is 0 Å². The molecule has 0 aliphatic carbocycles. The zero-order chi connectivity index (χ0) is 19.9. The number of nitrogens with zero attached hydrogens (tertiary/aromatic N) is 4. The Morgan fingerprint density at radius 1 is 1.26 bits per heavy atom. The van der Waals surface area contributed by atoms with E-state index in [4.69, 9.17) is 34.8 Å². The van der Waals surface area contributed by atoms with Crippen molar-refractivity contribution in [1.82, 2.24) is 14.9 Å². The molecule has 1 aliphatic heterocycles. The maximum atomic E-state index is 14.1. The summed E-state index contributed by atoms with van der Waals surface area (Å²) in [6.45, 7) is 6.01. The molecule has 1 aromatic carbocycles. The molecule has 1 aliphatic rings. The van der Waals surface area contributed by atoms with Crippen molar-refractivity contribution in [1.29, 1.82) is 0 Å². The Morgan fingerprint density at radius 2 is 1.85 bits per heavy atom. The van der Waals surface area contributed by atoms with Gasteiger partial charge in [-0.15, -0.1) is 0 Å². The number of hydrogen-bond acceptors (Lipinski definition) is 4.